The monoisotopic (exact) mass is 455 g/mol. The van der Waals surface area contributed by atoms with E-state index in [1.165, 1.54) is 20.5 Å². The number of nitrogens with zero attached hydrogens (tertiary/aromatic N) is 2. The molecule has 2 N–H and O–H groups in total. The van der Waals surface area contributed by atoms with Gasteiger partial charge in [0, 0.05) is 6.07 Å². The number of methoxy groups -OCH3 is 2. The van der Waals surface area contributed by atoms with E-state index in [9.17, 15) is 14.7 Å². The standard InChI is InChI=1S/C23H25N3O7/c1-23(2,3)33-22(29)26-19(21(27)28)13-6-8-14(9-7-13)32-20-15-10-17(30-4)18(31-5)11-16(15)24-12-25-20/h6-12,19H,1-5H3,(H,26,29)(H,27,28)/t19-/m1/s1. The number of rotatable bonds is 7. The van der Waals surface area contributed by atoms with E-state index in [2.05, 4.69) is 15.3 Å². The second kappa shape index (κ2) is 9.60. The SMILES string of the molecule is COc1cc2ncnc(Oc3ccc([C@@H](NC(=O)OC(C)(C)C)C(=O)O)cc3)c2cc1OC. The first-order valence-electron chi connectivity index (χ1n) is 9.98. The van der Waals surface area contributed by atoms with Gasteiger partial charge in [-0.15, -0.1) is 0 Å². The minimum atomic E-state index is -1.29. The number of aromatic nitrogens is 2. The van der Waals surface area contributed by atoms with Crippen molar-refractivity contribution in [2.75, 3.05) is 14.2 Å². The molecule has 0 aliphatic carbocycles. The van der Waals surface area contributed by atoms with Crippen molar-refractivity contribution < 1.29 is 33.6 Å². The second-order valence-corrected chi connectivity index (χ2v) is 7.99. The lowest BCUT2D eigenvalue weighted by atomic mass is 10.1. The van der Waals surface area contributed by atoms with Crippen molar-refractivity contribution in [3.8, 4) is 23.1 Å². The van der Waals surface area contributed by atoms with Gasteiger partial charge >= 0.3 is 12.1 Å². The number of nitrogens with one attached hydrogen (secondary N) is 1. The summed E-state index contributed by atoms with van der Waals surface area (Å²) in [6.07, 6.45) is 0.537. The van der Waals surface area contributed by atoms with E-state index in [0.29, 0.717) is 33.7 Å². The third-order valence-electron chi connectivity index (χ3n) is 4.44. The van der Waals surface area contributed by atoms with Crippen molar-refractivity contribution in [2.24, 2.45) is 0 Å². The summed E-state index contributed by atoms with van der Waals surface area (Å²) in [5.41, 5.74) is 0.194. The Bertz CT molecular complexity index is 1160. The highest BCUT2D eigenvalue weighted by Crippen LogP contribution is 2.35. The minimum absolute atomic E-state index is 0.287. The van der Waals surface area contributed by atoms with Crippen LogP contribution in [0.3, 0.4) is 0 Å². The average Bonchev–Trinajstić information content (AvgIpc) is 2.76. The van der Waals surface area contributed by atoms with E-state index in [4.69, 9.17) is 18.9 Å². The largest absolute Gasteiger partial charge is 0.493 e. The molecular weight excluding hydrogens is 430 g/mol. The molecule has 1 amide bonds. The van der Waals surface area contributed by atoms with E-state index in [0.717, 1.165) is 0 Å². The molecule has 3 rings (SSSR count). The Labute approximate surface area is 190 Å². The van der Waals surface area contributed by atoms with E-state index in [-0.39, 0.29) is 5.88 Å². The predicted octanol–water partition coefficient (Wildman–Crippen LogP) is 4.09. The number of alkyl carbamates (subject to hydrolysis) is 1. The summed E-state index contributed by atoms with van der Waals surface area (Å²) < 4.78 is 21.7. The van der Waals surface area contributed by atoms with Crippen LogP contribution in [0.5, 0.6) is 23.1 Å². The number of carboxylic acids is 1. The van der Waals surface area contributed by atoms with Crippen LogP contribution >= 0.6 is 0 Å². The molecule has 33 heavy (non-hydrogen) atoms. The quantitative estimate of drug-likeness (QED) is 0.541. The highest BCUT2D eigenvalue weighted by molar-refractivity contribution is 5.87. The first kappa shape index (κ1) is 23.6. The lowest BCUT2D eigenvalue weighted by molar-refractivity contribution is -0.139. The molecule has 10 nitrogen and oxygen atoms in total. The molecule has 2 aromatic carbocycles. The smallest absolute Gasteiger partial charge is 0.408 e. The molecule has 0 saturated heterocycles. The Kier molecular flexibility index (Phi) is 6.86. The van der Waals surface area contributed by atoms with Crippen LogP contribution in [0.15, 0.2) is 42.7 Å². The highest BCUT2D eigenvalue weighted by Gasteiger charge is 2.25. The maximum Gasteiger partial charge on any atom is 0.408 e. The molecule has 0 bridgehead atoms. The van der Waals surface area contributed by atoms with Gasteiger partial charge in [0.05, 0.1) is 25.1 Å². The number of fused-ring (bicyclic) bond motifs is 1. The molecule has 1 atom stereocenters. The van der Waals surface area contributed by atoms with E-state index < -0.39 is 23.7 Å². The molecule has 0 saturated carbocycles. The molecule has 0 unspecified atom stereocenters. The lowest BCUT2D eigenvalue weighted by Crippen LogP contribution is -2.38. The Balaban J connectivity index is 1.83. The third kappa shape index (κ3) is 5.79. The molecule has 0 aliphatic heterocycles. The summed E-state index contributed by atoms with van der Waals surface area (Å²) in [5.74, 6) is 0.497. The normalized spacial score (nSPS) is 12.0. The summed E-state index contributed by atoms with van der Waals surface area (Å²) in [5, 5.41) is 12.5. The van der Waals surface area contributed by atoms with Crippen LogP contribution in [-0.4, -0.2) is 47.0 Å². The van der Waals surface area contributed by atoms with E-state index in [1.807, 2.05) is 0 Å². The predicted molar refractivity (Wildman–Crippen MR) is 119 cm³/mol. The zero-order valence-electron chi connectivity index (χ0n) is 18.9. The van der Waals surface area contributed by atoms with Gasteiger partial charge in [-0.25, -0.2) is 19.6 Å². The zero-order valence-corrected chi connectivity index (χ0v) is 18.9. The van der Waals surface area contributed by atoms with Crippen LogP contribution in [0.25, 0.3) is 10.9 Å². The summed E-state index contributed by atoms with van der Waals surface area (Å²) in [4.78, 5) is 32.1. The summed E-state index contributed by atoms with van der Waals surface area (Å²) >= 11 is 0. The molecule has 1 aromatic heterocycles. The summed E-state index contributed by atoms with van der Waals surface area (Å²) in [6.45, 7) is 5.07. The number of benzene rings is 2. The van der Waals surface area contributed by atoms with E-state index in [1.54, 1.807) is 57.2 Å². The summed E-state index contributed by atoms with van der Waals surface area (Å²) in [6, 6.07) is 8.38. The zero-order chi connectivity index (χ0) is 24.2. The number of aliphatic carboxylic acids is 1. The number of hydrogen-bond donors (Lipinski definition) is 2. The van der Waals surface area contributed by atoms with Crippen LogP contribution in [0.2, 0.25) is 0 Å². The van der Waals surface area contributed by atoms with Crippen molar-refractivity contribution >= 4 is 23.0 Å². The average molecular weight is 455 g/mol. The van der Waals surface area contributed by atoms with Crippen molar-refractivity contribution in [3.63, 3.8) is 0 Å². The van der Waals surface area contributed by atoms with Crippen LogP contribution < -0.4 is 19.5 Å². The molecule has 174 valence electrons. The van der Waals surface area contributed by atoms with Gasteiger partial charge in [0.1, 0.15) is 17.7 Å². The maximum absolute atomic E-state index is 12.0. The molecule has 0 radical (unpaired) electrons. The molecule has 10 heteroatoms. The Morgan fingerprint density at radius 3 is 2.21 bits per heavy atom. The number of carboxylic acid groups (broad SMARTS) is 1. The second-order valence-electron chi connectivity index (χ2n) is 7.99. The number of hydrogen-bond acceptors (Lipinski definition) is 8. The fraction of sp³-hybridized carbons (Fsp3) is 0.304. The molecule has 3 aromatic rings. The number of carbonyl (C=O) groups excluding carboxylic acids is 1. The van der Waals surface area contributed by atoms with Gasteiger partial charge in [0.2, 0.25) is 5.88 Å². The van der Waals surface area contributed by atoms with Crippen LogP contribution in [0, 0.1) is 0 Å². The fourth-order valence-electron chi connectivity index (χ4n) is 2.99. The molecule has 1 heterocycles. The molecule has 0 aliphatic rings. The lowest BCUT2D eigenvalue weighted by Gasteiger charge is -2.22. The van der Waals surface area contributed by atoms with Crippen molar-refractivity contribution in [1.82, 2.24) is 15.3 Å². The van der Waals surface area contributed by atoms with Gasteiger partial charge in [0.15, 0.2) is 17.5 Å². The van der Waals surface area contributed by atoms with Gasteiger partial charge in [-0.2, -0.15) is 0 Å². The van der Waals surface area contributed by atoms with Gasteiger partial charge in [0.25, 0.3) is 0 Å². The number of amides is 1. The fourth-order valence-corrected chi connectivity index (χ4v) is 2.99. The highest BCUT2D eigenvalue weighted by atomic mass is 16.6. The first-order chi connectivity index (χ1) is 15.6. The molecule has 0 spiro atoms. The van der Waals surface area contributed by atoms with Crippen LogP contribution in [-0.2, 0) is 9.53 Å². The Hall–Kier alpha value is -4.08. The van der Waals surface area contributed by atoms with Gasteiger partial charge in [-0.3, -0.25) is 0 Å². The van der Waals surface area contributed by atoms with Crippen molar-refractivity contribution in [1.29, 1.82) is 0 Å². The molecular formula is C23H25N3O7. The van der Waals surface area contributed by atoms with Crippen LogP contribution in [0.1, 0.15) is 32.4 Å². The Morgan fingerprint density at radius 1 is 1.00 bits per heavy atom. The topological polar surface area (TPSA) is 129 Å². The van der Waals surface area contributed by atoms with Crippen LogP contribution in [0.4, 0.5) is 4.79 Å². The van der Waals surface area contributed by atoms with Gasteiger partial charge < -0.3 is 29.4 Å². The minimum Gasteiger partial charge on any atom is -0.493 e. The molecule has 0 fully saturated rings. The Morgan fingerprint density at radius 2 is 1.64 bits per heavy atom. The maximum atomic E-state index is 12.0. The van der Waals surface area contributed by atoms with E-state index >= 15 is 0 Å². The first-order valence-corrected chi connectivity index (χ1v) is 9.98. The third-order valence-corrected chi connectivity index (χ3v) is 4.44. The number of ether oxygens (including phenoxy) is 4. The van der Waals surface area contributed by atoms with Gasteiger partial charge in [-0.05, 0) is 44.5 Å². The van der Waals surface area contributed by atoms with Crippen molar-refractivity contribution in [2.45, 2.75) is 32.4 Å². The number of carbonyl (C=O) groups is 2. The summed E-state index contributed by atoms with van der Waals surface area (Å²) in [7, 11) is 3.06. The van der Waals surface area contributed by atoms with Crippen molar-refractivity contribution in [3.05, 3.63) is 48.3 Å². The van der Waals surface area contributed by atoms with Gasteiger partial charge in [-0.1, -0.05) is 12.1 Å².